The van der Waals surface area contributed by atoms with Gasteiger partial charge in [0.25, 0.3) is 0 Å². The normalized spacial score (nSPS) is 13.7. The summed E-state index contributed by atoms with van der Waals surface area (Å²) in [7, 11) is -3.15. The van der Waals surface area contributed by atoms with Crippen molar-refractivity contribution in [1.82, 2.24) is 0 Å². The van der Waals surface area contributed by atoms with Crippen LogP contribution in [0.5, 0.6) is 17.2 Å². The highest BCUT2D eigenvalue weighted by Crippen LogP contribution is 2.46. The van der Waals surface area contributed by atoms with Crippen LogP contribution in [-0.2, 0) is 10.7 Å². The molecule has 0 aliphatic rings. The average molecular weight is 492 g/mol. The third-order valence-electron chi connectivity index (χ3n) is 3.82. The van der Waals surface area contributed by atoms with Crippen LogP contribution < -0.4 is 4.74 Å². The molecule has 2 rings (SSSR count). The van der Waals surface area contributed by atoms with E-state index in [1.54, 1.807) is 31.2 Å². The predicted molar refractivity (Wildman–Crippen MR) is 108 cm³/mol. The first-order valence-electron chi connectivity index (χ1n) is 7.92. The molecule has 0 aliphatic heterocycles. The molecule has 0 bridgehead atoms. The fraction of sp³-hybridized carbons (Fsp3) is 0.333. The Balaban J connectivity index is 2.32. The van der Waals surface area contributed by atoms with Gasteiger partial charge in [-0.15, -0.1) is 0 Å². The summed E-state index contributed by atoms with van der Waals surface area (Å²) in [6, 6.07) is 8.72. The number of rotatable bonds is 6. The lowest BCUT2D eigenvalue weighted by Crippen LogP contribution is -1.95. The molecule has 0 amide bonds. The Morgan fingerprint density at radius 2 is 1.76 bits per heavy atom. The van der Waals surface area contributed by atoms with Gasteiger partial charge in [-0.25, -0.2) is 0 Å². The molecular weight excluding hydrogens is 471 g/mol. The third-order valence-corrected chi connectivity index (χ3v) is 6.85. The predicted octanol–water partition coefficient (Wildman–Crippen LogP) is 6.62. The maximum Gasteiger partial charge on any atom is 0.204 e. The Labute approximate surface area is 164 Å². The highest BCUT2D eigenvalue weighted by molar-refractivity contribution is 9.11. The van der Waals surface area contributed by atoms with E-state index in [4.69, 9.17) is 4.74 Å². The van der Waals surface area contributed by atoms with Crippen LogP contribution in [0.1, 0.15) is 37.8 Å². The second kappa shape index (κ2) is 8.26. The smallest absolute Gasteiger partial charge is 0.204 e. The van der Waals surface area contributed by atoms with Gasteiger partial charge < -0.3 is 14.7 Å². The summed E-state index contributed by atoms with van der Waals surface area (Å²) in [5.74, 6) is 1.60. The van der Waals surface area contributed by atoms with E-state index in [2.05, 4.69) is 31.9 Å². The summed E-state index contributed by atoms with van der Waals surface area (Å²) in [5, 5.41) is 9.92. The van der Waals surface area contributed by atoms with Crippen LogP contribution in [0.15, 0.2) is 39.3 Å². The van der Waals surface area contributed by atoms with E-state index in [1.165, 1.54) is 0 Å². The SMILES string of the molecule is CCP(=O)(O)Cc1cc(Br)c(Oc2ccc(O)c(C(C)C)c2)c(Br)c1. The molecule has 0 saturated carbocycles. The second-order valence-corrected chi connectivity index (χ2v) is 10.5. The molecule has 25 heavy (non-hydrogen) atoms. The monoisotopic (exact) mass is 490 g/mol. The van der Waals surface area contributed by atoms with Crippen molar-refractivity contribution in [3.63, 3.8) is 0 Å². The van der Waals surface area contributed by atoms with Gasteiger partial charge in [0, 0.05) is 17.9 Å². The van der Waals surface area contributed by atoms with Crippen LogP contribution in [0.25, 0.3) is 0 Å². The number of hydrogen-bond acceptors (Lipinski definition) is 3. The molecule has 1 unspecified atom stereocenters. The first-order chi connectivity index (χ1) is 11.6. The summed E-state index contributed by atoms with van der Waals surface area (Å²) in [5.41, 5.74) is 1.57. The van der Waals surface area contributed by atoms with E-state index >= 15 is 0 Å². The quantitative estimate of drug-likeness (QED) is 0.445. The molecule has 0 radical (unpaired) electrons. The van der Waals surface area contributed by atoms with Crippen molar-refractivity contribution in [2.75, 3.05) is 6.16 Å². The Morgan fingerprint density at radius 1 is 1.16 bits per heavy atom. The summed E-state index contributed by atoms with van der Waals surface area (Å²) in [6.07, 6.45) is 0.365. The van der Waals surface area contributed by atoms with E-state index in [-0.39, 0.29) is 24.0 Å². The molecule has 136 valence electrons. The molecule has 0 aromatic heterocycles. The minimum atomic E-state index is -3.15. The molecule has 7 heteroatoms. The maximum absolute atomic E-state index is 12.0. The molecule has 0 fully saturated rings. The molecule has 0 spiro atoms. The number of phenolic OH excluding ortho intramolecular Hbond substituents is 1. The van der Waals surface area contributed by atoms with E-state index in [0.29, 0.717) is 20.4 Å². The van der Waals surface area contributed by atoms with Crippen molar-refractivity contribution in [3.05, 3.63) is 50.4 Å². The number of aromatic hydroxyl groups is 1. The van der Waals surface area contributed by atoms with Gasteiger partial charge in [0.1, 0.15) is 11.5 Å². The fourth-order valence-electron chi connectivity index (χ4n) is 2.37. The van der Waals surface area contributed by atoms with Crippen molar-refractivity contribution in [2.24, 2.45) is 0 Å². The largest absolute Gasteiger partial charge is 0.508 e. The van der Waals surface area contributed by atoms with Gasteiger partial charge in [-0.1, -0.05) is 20.8 Å². The van der Waals surface area contributed by atoms with Crippen molar-refractivity contribution >= 4 is 39.2 Å². The van der Waals surface area contributed by atoms with Crippen LogP contribution in [0, 0.1) is 0 Å². The molecule has 0 saturated heterocycles. The lowest BCUT2D eigenvalue weighted by molar-refractivity contribution is 0.453. The van der Waals surface area contributed by atoms with Crippen LogP contribution in [0.3, 0.4) is 0 Å². The van der Waals surface area contributed by atoms with Crippen LogP contribution in [0.2, 0.25) is 0 Å². The van der Waals surface area contributed by atoms with Crippen LogP contribution >= 0.6 is 39.2 Å². The van der Waals surface area contributed by atoms with Crippen LogP contribution in [-0.4, -0.2) is 16.2 Å². The van der Waals surface area contributed by atoms with Gasteiger partial charge >= 0.3 is 0 Å². The molecule has 0 aliphatic carbocycles. The fourth-order valence-corrected chi connectivity index (χ4v) is 4.79. The van der Waals surface area contributed by atoms with Gasteiger partial charge in [0.2, 0.25) is 7.37 Å². The van der Waals surface area contributed by atoms with Gasteiger partial charge in [0.15, 0.2) is 5.75 Å². The summed E-state index contributed by atoms with van der Waals surface area (Å²) in [4.78, 5) is 9.84. The zero-order chi connectivity index (χ0) is 18.8. The van der Waals surface area contributed by atoms with Crippen molar-refractivity contribution in [2.45, 2.75) is 32.9 Å². The standard InChI is InChI=1S/C18H21Br2O4P/c1-4-25(22,23)10-12-7-15(19)18(16(20)8-12)24-13-5-6-17(21)14(9-13)11(2)3/h5-9,11,21H,4,10H2,1-3H3,(H,22,23). The lowest BCUT2D eigenvalue weighted by atomic mass is 10.0. The number of benzene rings is 2. The Hall–Kier alpha value is -0.810. The number of phenols is 1. The maximum atomic E-state index is 12.0. The van der Waals surface area contributed by atoms with Crippen molar-refractivity contribution in [1.29, 1.82) is 0 Å². The highest BCUT2D eigenvalue weighted by atomic mass is 79.9. The van der Waals surface area contributed by atoms with Crippen molar-refractivity contribution in [3.8, 4) is 17.2 Å². The van der Waals surface area contributed by atoms with Crippen LogP contribution in [0.4, 0.5) is 0 Å². The average Bonchev–Trinajstić information content (AvgIpc) is 2.51. The molecule has 4 nitrogen and oxygen atoms in total. The Morgan fingerprint density at radius 3 is 2.28 bits per heavy atom. The topological polar surface area (TPSA) is 66.8 Å². The van der Waals surface area contributed by atoms with E-state index < -0.39 is 7.37 Å². The lowest BCUT2D eigenvalue weighted by Gasteiger charge is -2.15. The molecule has 2 N–H and O–H groups in total. The highest BCUT2D eigenvalue weighted by Gasteiger charge is 2.19. The summed E-state index contributed by atoms with van der Waals surface area (Å²) < 4.78 is 19.3. The van der Waals surface area contributed by atoms with Gasteiger partial charge in [-0.05, 0) is 73.7 Å². The number of halogens is 2. The zero-order valence-electron chi connectivity index (χ0n) is 14.3. The molecular formula is C18H21Br2O4P. The first-order valence-corrected chi connectivity index (χ1v) is 11.5. The van der Waals surface area contributed by atoms with Gasteiger partial charge in [-0.2, -0.15) is 0 Å². The molecule has 0 heterocycles. The van der Waals surface area contributed by atoms with E-state index in [0.717, 1.165) is 11.1 Å². The summed E-state index contributed by atoms with van der Waals surface area (Å²) in [6.45, 7) is 5.71. The van der Waals surface area contributed by atoms with Gasteiger partial charge in [0.05, 0.1) is 8.95 Å². The number of ether oxygens (including phenoxy) is 1. The minimum absolute atomic E-state index is 0.123. The van der Waals surface area contributed by atoms with Crippen molar-refractivity contribution < 1.29 is 19.3 Å². The Kier molecular flexibility index (Phi) is 6.77. The minimum Gasteiger partial charge on any atom is -0.508 e. The Bertz CT molecular complexity index is 798. The molecule has 2 aromatic rings. The molecule has 1 atom stereocenters. The second-order valence-electron chi connectivity index (χ2n) is 6.19. The van der Waals surface area contributed by atoms with E-state index in [1.807, 2.05) is 19.9 Å². The third kappa shape index (κ3) is 5.33. The number of hydrogen-bond donors (Lipinski definition) is 2. The molecule has 2 aromatic carbocycles. The van der Waals surface area contributed by atoms with Gasteiger partial charge in [-0.3, -0.25) is 4.57 Å². The zero-order valence-corrected chi connectivity index (χ0v) is 18.4. The summed E-state index contributed by atoms with van der Waals surface area (Å²) >= 11 is 6.94. The van der Waals surface area contributed by atoms with E-state index in [9.17, 15) is 14.6 Å². The first kappa shape index (κ1) is 20.5.